The molecule has 0 saturated heterocycles. The van der Waals surface area contributed by atoms with E-state index in [0.717, 1.165) is 18.5 Å². The van der Waals surface area contributed by atoms with E-state index < -0.39 is 0 Å². The fourth-order valence-corrected chi connectivity index (χ4v) is 1.34. The maximum absolute atomic E-state index is 8.81. The molecule has 0 radical (unpaired) electrons. The highest BCUT2D eigenvalue weighted by Crippen LogP contribution is 2.12. The van der Waals surface area contributed by atoms with Gasteiger partial charge >= 0.3 is 0 Å². The average Bonchev–Trinajstić information content (AvgIpc) is 2.05. The molecule has 0 saturated carbocycles. The molecule has 0 fully saturated rings. The second kappa shape index (κ2) is 3.88. The summed E-state index contributed by atoms with van der Waals surface area (Å²) in [5.41, 5.74) is 1.13. The first-order valence-corrected chi connectivity index (χ1v) is 4.26. The van der Waals surface area contributed by atoms with Gasteiger partial charge < -0.3 is 10.4 Å². The predicted molar refractivity (Wildman–Crippen MR) is 46.4 cm³/mol. The van der Waals surface area contributed by atoms with Crippen molar-refractivity contribution >= 4 is 0 Å². The second-order valence-electron chi connectivity index (χ2n) is 3.49. The van der Waals surface area contributed by atoms with E-state index in [1.807, 2.05) is 0 Å². The van der Waals surface area contributed by atoms with Crippen LogP contribution in [-0.4, -0.2) is 24.3 Å². The molecule has 1 atom stereocenters. The third kappa shape index (κ3) is 2.31. The zero-order valence-corrected chi connectivity index (χ0v) is 7.30. The summed E-state index contributed by atoms with van der Waals surface area (Å²) in [6.45, 7) is 5.50. The van der Waals surface area contributed by atoms with Crippen LogP contribution in [0, 0.1) is 5.92 Å². The lowest BCUT2D eigenvalue weighted by Crippen LogP contribution is -2.38. The van der Waals surface area contributed by atoms with Crippen molar-refractivity contribution in [2.75, 3.05) is 13.2 Å². The number of nitrogens with one attached hydrogen (secondary N) is 1. The molecule has 2 heteroatoms. The van der Waals surface area contributed by atoms with Crippen molar-refractivity contribution in [2.45, 2.75) is 26.3 Å². The van der Waals surface area contributed by atoms with Gasteiger partial charge in [-0.15, -0.1) is 0 Å². The van der Waals surface area contributed by atoms with Crippen LogP contribution in [-0.2, 0) is 0 Å². The van der Waals surface area contributed by atoms with E-state index in [4.69, 9.17) is 5.11 Å². The van der Waals surface area contributed by atoms with Gasteiger partial charge in [0.2, 0.25) is 0 Å². The highest BCUT2D eigenvalue weighted by Gasteiger charge is 2.15. The largest absolute Gasteiger partial charge is 0.392 e. The summed E-state index contributed by atoms with van der Waals surface area (Å²) in [5.74, 6) is 0.687. The zero-order valence-electron chi connectivity index (χ0n) is 7.30. The second-order valence-corrected chi connectivity index (χ2v) is 3.49. The zero-order chi connectivity index (χ0) is 8.27. The quantitative estimate of drug-likeness (QED) is 0.581. The molecule has 0 spiro atoms. The molecule has 0 aromatic heterocycles. The van der Waals surface area contributed by atoms with Gasteiger partial charge in [0, 0.05) is 12.6 Å². The Hall–Kier alpha value is -0.340. The van der Waals surface area contributed by atoms with Crippen LogP contribution in [0.15, 0.2) is 11.6 Å². The van der Waals surface area contributed by atoms with E-state index in [2.05, 4.69) is 25.2 Å². The SMILES string of the molecule is CC(C)C1CC=C(CO)CN1. The van der Waals surface area contributed by atoms with Crippen LogP contribution in [0.25, 0.3) is 0 Å². The number of aliphatic hydroxyl groups excluding tert-OH is 1. The average molecular weight is 155 g/mol. The van der Waals surface area contributed by atoms with Gasteiger partial charge in [0.15, 0.2) is 0 Å². The predicted octanol–water partition coefficient (Wildman–Crippen LogP) is 0.923. The summed E-state index contributed by atoms with van der Waals surface area (Å²) in [4.78, 5) is 0. The lowest BCUT2D eigenvalue weighted by molar-refractivity contribution is 0.313. The lowest BCUT2D eigenvalue weighted by Gasteiger charge is -2.25. The molecule has 1 aliphatic rings. The summed E-state index contributed by atoms with van der Waals surface area (Å²) >= 11 is 0. The van der Waals surface area contributed by atoms with Gasteiger partial charge in [0.25, 0.3) is 0 Å². The van der Waals surface area contributed by atoms with Gasteiger partial charge in [-0.05, 0) is 17.9 Å². The van der Waals surface area contributed by atoms with Crippen molar-refractivity contribution in [3.63, 3.8) is 0 Å². The molecule has 0 aromatic carbocycles. The van der Waals surface area contributed by atoms with Crippen LogP contribution in [0.2, 0.25) is 0 Å². The third-order valence-corrected chi connectivity index (χ3v) is 2.26. The Balaban J connectivity index is 2.41. The summed E-state index contributed by atoms with van der Waals surface area (Å²) < 4.78 is 0. The summed E-state index contributed by atoms with van der Waals surface area (Å²) in [6, 6.07) is 0.602. The lowest BCUT2D eigenvalue weighted by atomic mass is 9.96. The minimum Gasteiger partial charge on any atom is -0.392 e. The molecule has 0 amide bonds. The highest BCUT2D eigenvalue weighted by atomic mass is 16.3. The van der Waals surface area contributed by atoms with Crippen LogP contribution in [0.5, 0.6) is 0 Å². The first kappa shape index (κ1) is 8.75. The third-order valence-electron chi connectivity index (χ3n) is 2.26. The van der Waals surface area contributed by atoms with Crippen molar-refractivity contribution in [1.82, 2.24) is 5.32 Å². The van der Waals surface area contributed by atoms with Crippen molar-refractivity contribution in [1.29, 1.82) is 0 Å². The molecule has 1 unspecified atom stereocenters. The highest BCUT2D eigenvalue weighted by molar-refractivity contribution is 5.09. The molecule has 1 heterocycles. The minimum atomic E-state index is 0.206. The van der Waals surface area contributed by atoms with Crippen molar-refractivity contribution in [2.24, 2.45) is 5.92 Å². The Morgan fingerprint density at radius 2 is 2.45 bits per heavy atom. The van der Waals surface area contributed by atoms with Gasteiger partial charge in [-0.2, -0.15) is 0 Å². The summed E-state index contributed by atoms with van der Waals surface area (Å²) in [6.07, 6.45) is 3.22. The normalized spacial score (nSPS) is 25.5. The number of hydrogen-bond acceptors (Lipinski definition) is 2. The van der Waals surface area contributed by atoms with Crippen LogP contribution in [0.1, 0.15) is 20.3 Å². The number of rotatable bonds is 2. The number of hydrogen-bond donors (Lipinski definition) is 2. The Kier molecular flexibility index (Phi) is 3.09. The van der Waals surface area contributed by atoms with Crippen molar-refractivity contribution in [3.8, 4) is 0 Å². The minimum absolute atomic E-state index is 0.206. The van der Waals surface area contributed by atoms with Gasteiger partial charge in [-0.1, -0.05) is 19.9 Å². The van der Waals surface area contributed by atoms with Crippen molar-refractivity contribution in [3.05, 3.63) is 11.6 Å². The Bertz CT molecular complexity index is 152. The van der Waals surface area contributed by atoms with Gasteiger partial charge in [-0.3, -0.25) is 0 Å². The monoisotopic (exact) mass is 155 g/mol. The number of aliphatic hydroxyl groups is 1. The Labute approximate surface area is 68.3 Å². The molecule has 0 aliphatic carbocycles. The van der Waals surface area contributed by atoms with Crippen LogP contribution in [0.4, 0.5) is 0 Å². The first-order chi connectivity index (χ1) is 5.24. The molecular weight excluding hydrogens is 138 g/mol. The van der Waals surface area contributed by atoms with Crippen LogP contribution in [0.3, 0.4) is 0 Å². The first-order valence-electron chi connectivity index (χ1n) is 4.26. The van der Waals surface area contributed by atoms with E-state index in [9.17, 15) is 0 Å². The molecule has 2 N–H and O–H groups in total. The van der Waals surface area contributed by atoms with E-state index in [1.54, 1.807) is 0 Å². The van der Waals surface area contributed by atoms with E-state index in [0.29, 0.717) is 12.0 Å². The van der Waals surface area contributed by atoms with Gasteiger partial charge in [0.1, 0.15) is 0 Å². The molecule has 0 aromatic rings. The molecule has 2 nitrogen and oxygen atoms in total. The van der Waals surface area contributed by atoms with Gasteiger partial charge in [-0.25, -0.2) is 0 Å². The van der Waals surface area contributed by atoms with E-state index >= 15 is 0 Å². The molecule has 64 valence electrons. The Morgan fingerprint density at radius 1 is 1.73 bits per heavy atom. The molecule has 1 rings (SSSR count). The summed E-state index contributed by atoms with van der Waals surface area (Å²) in [7, 11) is 0. The fourth-order valence-electron chi connectivity index (χ4n) is 1.34. The molecular formula is C9H17NO. The fraction of sp³-hybridized carbons (Fsp3) is 0.778. The Morgan fingerprint density at radius 3 is 2.82 bits per heavy atom. The standard InChI is InChI=1S/C9H17NO/c1-7(2)9-4-3-8(6-11)5-10-9/h3,7,9-11H,4-6H2,1-2H3. The van der Waals surface area contributed by atoms with E-state index in [-0.39, 0.29) is 6.61 Å². The van der Waals surface area contributed by atoms with Crippen molar-refractivity contribution < 1.29 is 5.11 Å². The smallest absolute Gasteiger partial charge is 0.0654 e. The molecule has 1 aliphatic heterocycles. The van der Waals surface area contributed by atoms with Crippen LogP contribution >= 0.6 is 0 Å². The summed E-state index contributed by atoms with van der Waals surface area (Å²) in [5, 5.41) is 12.2. The van der Waals surface area contributed by atoms with E-state index in [1.165, 1.54) is 0 Å². The maximum atomic E-state index is 8.81. The molecule has 0 bridgehead atoms. The molecule has 11 heavy (non-hydrogen) atoms. The maximum Gasteiger partial charge on any atom is 0.0654 e. The van der Waals surface area contributed by atoms with Gasteiger partial charge in [0.05, 0.1) is 6.61 Å². The topological polar surface area (TPSA) is 32.3 Å². The van der Waals surface area contributed by atoms with Crippen LogP contribution < -0.4 is 5.32 Å².